The Morgan fingerprint density at radius 3 is 1.87 bits per heavy atom. The number of carboxylic acid groups (broad SMARTS) is 1. The van der Waals surface area contributed by atoms with Crippen LogP contribution in [0.4, 0.5) is 0 Å². The van der Waals surface area contributed by atoms with E-state index in [4.69, 9.17) is 4.74 Å². The van der Waals surface area contributed by atoms with Gasteiger partial charge in [-0.2, -0.15) is 0 Å². The molecule has 0 spiro atoms. The number of aliphatic carboxylic acids is 1. The molecule has 0 saturated carbocycles. The number of esters is 1. The fraction of sp³-hybridized carbons (Fsp3) is 0.760. The minimum absolute atomic E-state index is 0.276. The molecule has 5 heteroatoms. The van der Waals surface area contributed by atoms with Crippen LogP contribution in [0.2, 0.25) is 0 Å². The summed E-state index contributed by atoms with van der Waals surface area (Å²) in [5.74, 6) is -1.68. The molecule has 0 bridgehead atoms. The number of allylic oxidation sites excluding steroid dienone is 3. The molecular weight excluding hydrogens is 378 g/mol. The highest BCUT2D eigenvalue weighted by Crippen LogP contribution is 2.09. The van der Waals surface area contributed by atoms with Crippen molar-refractivity contribution in [2.24, 2.45) is 0 Å². The van der Waals surface area contributed by atoms with Gasteiger partial charge in [-0.25, -0.2) is 4.79 Å². The molecule has 0 aromatic rings. The van der Waals surface area contributed by atoms with Gasteiger partial charge in [-0.05, 0) is 38.5 Å². The summed E-state index contributed by atoms with van der Waals surface area (Å²) in [7, 11) is 5.78. The van der Waals surface area contributed by atoms with E-state index < -0.39 is 18.0 Å². The van der Waals surface area contributed by atoms with Crippen LogP contribution in [0.25, 0.3) is 0 Å². The third kappa shape index (κ3) is 21.1. The highest BCUT2D eigenvalue weighted by molar-refractivity contribution is 5.82. The first kappa shape index (κ1) is 28.4. The van der Waals surface area contributed by atoms with E-state index in [0.717, 1.165) is 25.7 Å². The summed E-state index contributed by atoms with van der Waals surface area (Å²) in [6.07, 6.45) is 21.5. The largest absolute Gasteiger partial charge is 0.550 e. The van der Waals surface area contributed by atoms with Crippen molar-refractivity contribution in [1.82, 2.24) is 0 Å². The highest BCUT2D eigenvalue weighted by Gasteiger charge is 2.21. The van der Waals surface area contributed by atoms with Crippen molar-refractivity contribution >= 4 is 11.9 Å². The number of ether oxygens (including phenoxy) is 1. The van der Waals surface area contributed by atoms with E-state index in [2.05, 4.69) is 19.1 Å². The van der Waals surface area contributed by atoms with E-state index in [1.54, 1.807) is 0 Å². The minimum Gasteiger partial charge on any atom is -0.550 e. The van der Waals surface area contributed by atoms with Crippen molar-refractivity contribution in [3.63, 3.8) is 0 Å². The summed E-state index contributed by atoms with van der Waals surface area (Å²) in [5, 5.41) is 10.9. The van der Waals surface area contributed by atoms with Crippen LogP contribution in [0, 0.1) is 0 Å². The number of quaternary nitrogens is 1. The summed E-state index contributed by atoms with van der Waals surface area (Å²) in [6, 6.07) is 0. The van der Waals surface area contributed by atoms with Gasteiger partial charge in [0.2, 0.25) is 0 Å². The van der Waals surface area contributed by atoms with Gasteiger partial charge in [0.1, 0.15) is 6.54 Å². The lowest BCUT2D eigenvalue weighted by atomic mass is 10.1. The molecule has 0 aromatic heterocycles. The van der Waals surface area contributed by atoms with Crippen LogP contribution in [0.3, 0.4) is 0 Å². The Morgan fingerprint density at radius 2 is 1.33 bits per heavy atom. The summed E-state index contributed by atoms with van der Waals surface area (Å²) in [5.41, 5.74) is 0. The average Bonchev–Trinajstić information content (AvgIpc) is 2.63. The predicted molar refractivity (Wildman–Crippen MR) is 122 cm³/mol. The lowest BCUT2D eigenvalue weighted by Gasteiger charge is -2.29. The summed E-state index contributed by atoms with van der Waals surface area (Å²) in [6.45, 7) is 2.68. The maximum atomic E-state index is 11.9. The lowest BCUT2D eigenvalue weighted by Crippen LogP contribution is -2.45. The van der Waals surface area contributed by atoms with Crippen LogP contribution in [-0.4, -0.2) is 50.2 Å². The summed E-state index contributed by atoms with van der Waals surface area (Å²) in [4.78, 5) is 22.8. The Balaban J connectivity index is 3.77. The van der Waals surface area contributed by atoms with Crippen molar-refractivity contribution in [1.29, 1.82) is 0 Å². The maximum absolute atomic E-state index is 11.9. The third-order valence-electron chi connectivity index (χ3n) is 4.82. The van der Waals surface area contributed by atoms with Crippen molar-refractivity contribution in [3.8, 4) is 0 Å². The normalized spacial score (nSPS) is 13.2. The molecule has 0 aliphatic rings. The molecule has 0 rings (SSSR count). The van der Waals surface area contributed by atoms with Crippen LogP contribution < -0.4 is 5.11 Å². The smallest absolute Gasteiger partial charge is 0.330 e. The molecule has 1 atom stereocenters. The minimum atomic E-state index is -1.20. The number of rotatable bonds is 19. The lowest BCUT2D eigenvalue weighted by molar-refractivity contribution is -0.873. The van der Waals surface area contributed by atoms with Crippen molar-refractivity contribution in [3.05, 3.63) is 24.3 Å². The van der Waals surface area contributed by atoms with Gasteiger partial charge in [-0.1, -0.05) is 63.7 Å². The van der Waals surface area contributed by atoms with Gasteiger partial charge >= 0.3 is 5.97 Å². The van der Waals surface area contributed by atoms with Gasteiger partial charge < -0.3 is 19.1 Å². The standard InChI is InChI=1S/C25H45NO4/c1-5-6-7-8-9-10-11-12-13-14-15-16-17-18-19-20-25(29)30-23(21-24(27)28)22-26(2,3)4/h12-13,19-20,23H,5-11,14-18,21-22H2,1-4H3/b13-12-,20-19+/t23-/m1/s1. The number of hydrogen-bond acceptors (Lipinski definition) is 4. The second-order valence-electron chi connectivity index (χ2n) is 9.18. The van der Waals surface area contributed by atoms with Crippen molar-refractivity contribution in [2.75, 3.05) is 27.7 Å². The first-order valence-corrected chi connectivity index (χ1v) is 11.8. The Hall–Kier alpha value is -1.62. The molecule has 5 nitrogen and oxygen atoms in total. The number of nitrogens with zero attached hydrogens (tertiary/aromatic N) is 1. The SMILES string of the molecule is CCCCCCCC/C=C\CCCCC/C=C/C(=O)O[C@H](CC(=O)[O-])C[N+](C)(C)C. The topological polar surface area (TPSA) is 66.4 Å². The molecule has 0 aliphatic carbocycles. The quantitative estimate of drug-likeness (QED) is 0.100. The zero-order chi connectivity index (χ0) is 22.7. The molecule has 0 aromatic carbocycles. The van der Waals surface area contributed by atoms with E-state index >= 15 is 0 Å². The average molecular weight is 424 g/mol. The number of carboxylic acids is 1. The fourth-order valence-corrected chi connectivity index (χ4v) is 3.30. The van der Waals surface area contributed by atoms with Crippen LogP contribution in [0.5, 0.6) is 0 Å². The molecule has 0 radical (unpaired) electrons. The molecule has 0 amide bonds. The van der Waals surface area contributed by atoms with Gasteiger partial charge in [0.25, 0.3) is 0 Å². The number of carbonyl (C=O) groups excluding carboxylic acids is 2. The first-order chi connectivity index (χ1) is 14.2. The van der Waals surface area contributed by atoms with E-state index in [-0.39, 0.29) is 6.42 Å². The van der Waals surface area contributed by atoms with Crippen molar-refractivity contribution < 1.29 is 23.9 Å². The highest BCUT2D eigenvalue weighted by atomic mass is 16.5. The predicted octanol–water partition coefficient (Wildman–Crippen LogP) is 4.56. The zero-order valence-electron chi connectivity index (χ0n) is 19.9. The van der Waals surface area contributed by atoms with E-state index in [1.807, 2.05) is 27.2 Å². The van der Waals surface area contributed by atoms with Crippen LogP contribution in [0.1, 0.15) is 90.4 Å². The maximum Gasteiger partial charge on any atom is 0.330 e. The van der Waals surface area contributed by atoms with Crippen LogP contribution in [-0.2, 0) is 14.3 Å². The van der Waals surface area contributed by atoms with Gasteiger partial charge in [-0.15, -0.1) is 0 Å². The van der Waals surface area contributed by atoms with Crippen LogP contribution in [0.15, 0.2) is 24.3 Å². The van der Waals surface area contributed by atoms with Gasteiger partial charge in [0.05, 0.1) is 21.1 Å². The second kappa shape index (κ2) is 18.2. The molecular formula is C25H45NO4. The number of unbranched alkanes of at least 4 members (excludes halogenated alkanes) is 10. The van der Waals surface area contributed by atoms with Crippen molar-refractivity contribution in [2.45, 2.75) is 96.5 Å². The molecule has 0 unspecified atom stereocenters. The summed E-state index contributed by atoms with van der Waals surface area (Å²) >= 11 is 0. The molecule has 0 N–H and O–H groups in total. The molecule has 0 heterocycles. The molecule has 0 fully saturated rings. The van der Waals surface area contributed by atoms with E-state index in [1.165, 1.54) is 57.4 Å². The molecule has 30 heavy (non-hydrogen) atoms. The van der Waals surface area contributed by atoms with Gasteiger partial charge in [0, 0.05) is 18.5 Å². The van der Waals surface area contributed by atoms with Gasteiger partial charge in [0.15, 0.2) is 6.10 Å². The molecule has 0 aliphatic heterocycles. The zero-order valence-corrected chi connectivity index (χ0v) is 19.9. The van der Waals surface area contributed by atoms with Crippen LogP contribution >= 0.6 is 0 Å². The Kier molecular flexibility index (Phi) is 17.2. The van der Waals surface area contributed by atoms with E-state index in [0.29, 0.717) is 11.0 Å². The molecule has 0 saturated heterocycles. The Morgan fingerprint density at radius 1 is 0.833 bits per heavy atom. The number of likely N-dealkylation sites (N-methyl/N-ethyl adjacent to an activating group) is 1. The number of carbonyl (C=O) groups is 2. The van der Waals surface area contributed by atoms with E-state index in [9.17, 15) is 14.7 Å². The molecule has 174 valence electrons. The Bertz CT molecular complexity index is 506. The van der Waals surface area contributed by atoms with Gasteiger partial charge in [-0.3, -0.25) is 0 Å². The Labute approximate surface area is 184 Å². The number of hydrogen-bond donors (Lipinski definition) is 0. The first-order valence-electron chi connectivity index (χ1n) is 11.8. The monoisotopic (exact) mass is 423 g/mol. The second-order valence-corrected chi connectivity index (χ2v) is 9.18. The summed E-state index contributed by atoms with van der Waals surface area (Å²) < 4.78 is 5.80. The third-order valence-corrected chi connectivity index (χ3v) is 4.82. The fourth-order valence-electron chi connectivity index (χ4n) is 3.30.